The number of thiazole rings is 1. The number of rotatable bonds is 8. The van der Waals surface area contributed by atoms with Crippen molar-refractivity contribution < 1.29 is 24.2 Å². The Morgan fingerprint density at radius 3 is 2.91 bits per heavy atom. The van der Waals surface area contributed by atoms with E-state index in [0.717, 1.165) is 5.01 Å². The zero-order chi connectivity index (χ0) is 16.7. The largest absolute Gasteiger partial charge is 0.535 e. The van der Waals surface area contributed by atoms with E-state index in [1.807, 2.05) is 0 Å². The van der Waals surface area contributed by atoms with Gasteiger partial charge in [-0.3, -0.25) is 4.79 Å². The van der Waals surface area contributed by atoms with Crippen molar-refractivity contribution in [3.8, 4) is 0 Å². The summed E-state index contributed by atoms with van der Waals surface area (Å²) in [5.41, 5.74) is 1.32. The molecule has 1 heterocycles. The second kappa shape index (κ2) is 8.09. The van der Waals surface area contributed by atoms with Crippen LogP contribution in [0.3, 0.4) is 0 Å². The van der Waals surface area contributed by atoms with Gasteiger partial charge in [0.2, 0.25) is 5.71 Å². The van der Waals surface area contributed by atoms with E-state index in [1.165, 1.54) is 18.8 Å². The molecule has 0 aliphatic carbocycles. The highest BCUT2D eigenvalue weighted by atomic mass is 32.1. The molecule has 7 nitrogen and oxygen atoms in total. The number of carboxylic acids is 1. The van der Waals surface area contributed by atoms with Gasteiger partial charge in [0.1, 0.15) is 12.3 Å². The quantitative estimate of drug-likeness (QED) is 0.334. The third-order valence-corrected chi connectivity index (χ3v) is 3.52. The van der Waals surface area contributed by atoms with Crippen molar-refractivity contribution in [2.24, 2.45) is 5.16 Å². The van der Waals surface area contributed by atoms with Crippen LogP contribution in [-0.4, -0.2) is 35.7 Å². The fourth-order valence-corrected chi connectivity index (χ4v) is 2.31. The second-order valence-electron chi connectivity index (χ2n) is 4.32. The van der Waals surface area contributed by atoms with Crippen molar-refractivity contribution in [2.75, 3.05) is 0 Å². The second-order valence-corrected chi connectivity index (χ2v) is 5.38. The average molecular weight is 331 g/mol. The zero-order valence-electron chi connectivity index (χ0n) is 12.1. The van der Waals surface area contributed by atoms with Crippen molar-refractivity contribution in [1.29, 1.82) is 0 Å². The summed E-state index contributed by atoms with van der Waals surface area (Å²) in [6.45, 7) is 2.10. The molecule has 117 valence electrons. The predicted molar refractivity (Wildman–Crippen MR) is 84.8 cm³/mol. The van der Waals surface area contributed by atoms with Gasteiger partial charge in [-0.1, -0.05) is 29.4 Å². The summed E-state index contributed by atoms with van der Waals surface area (Å²) in [6.07, 6.45) is 0. The number of oxime groups is 1. The minimum absolute atomic E-state index is 0.0226. The molecule has 0 saturated heterocycles. The fourth-order valence-electron chi connectivity index (χ4n) is 1.72. The number of carbonyl (C=O) groups excluding carboxylic acids is 1. The smallest absolute Gasteiger partial charge is 0.412 e. The molecule has 0 atom stereocenters. The zero-order valence-corrected chi connectivity index (χ0v) is 12.9. The number of aromatic nitrogens is 1. The minimum atomic E-state index is -1.22. The molecule has 2 rings (SSSR count). The number of benzene rings is 1. The lowest BCUT2D eigenvalue weighted by Crippen LogP contribution is -2.22. The highest BCUT2D eigenvalue weighted by Crippen LogP contribution is 2.10. The van der Waals surface area contributed by atoms with Gasteiger partial charge in [-0.2, -0.15) is 0 Å². The lowest BCUT2D eigenvalue weighted by atomic mass is 9.84. The Bertz CT molecular complexity index is 731. The van der Waals surface area contributed by atoms with E-state index in [0.29, 0.717) is 17.5 Å². The van der Waals surface area contributed by atoms with E-state index in [9.17, 15) is 14.7 Å². The monoisotopic (exact) mass is 331 g/mol. The molecule has 1 radical (unpaired) electrons. The molecule has 1 aromatic heterocycles. The average Bonchev–Trinajstić information content (AvgIpc) is 2.96. The van der Waals surface area contributed by atoms with Crippen molar-refractivity contribution in [3.05, 3.63) is 45.9 Å². The lowest BCUT2D eigenvalue weighted by molar-refractivity contribution is -0.129. The van der Waals surface area contributed by atoms with Crippen molar-refractivity contribution >= 4 is 42.4 Å². The Kier molecular flexibility index (Phi) is 5.87. The van der Waals surface area contributed by atoms with E-state index in [2.05, 4.69) is 14.8 Å². The first-order valence-corrected chi connectivity index (χ1v) is 7.35. The highest BCUT2D eigenvalue weighted by molar-refractivity contribution is 7.09. The van der Waals surface area contributed by atoms with Crippen LogP contribution in [0.15, 0.2) is 34.8 Å². The number of carboxylic acid groups (broad SMARTS) is 1. The highest BCUT2D eigenvalue weighted by Gasteiger charge is 2.17. The van der Waals surface area contributed by atoms with E-state index < -0.39 is 5.97 Å². The first kappa shape index (κ1) is 16.7. The Hall–Kier alpha value is -2.68. The van der Waals surface area contributed by atoms with Crippen LogP contribution in [0, 0.1) is 6.92 Å². The third-order valence-electron chi connectivity index (χ3n) is 2.75. The van der Waals surface area contributed by atoms with Crippen LogP contribution in [0.25, 0.3) is 0 Å². The molecular weight excluding hydrogens is 319 g/mol. The molecule has 0 spiro atoms. The van der Waals surface area contributed by atoms with Gasteiger partial charge in [-0.05, 0) is 17.9 Å². The molecule has 0 amide bonds. The van der Waals surface area contributed by atoms with Gasteiger partial charge < -0.3 is 14.6 Å². The Balaban J connectivity index is 2.10. The van der Waals surface area contributed by atoms with Gasteiger partial charge in [0.05, 0.1) is 5.01 Å². The Morgan fingerprint density at radius 2 is 2.26 bits per heavy atom. The first-order valence-electron chi connectivity index (χ1n) is 6.47. The van der Waals surface area contributed by atoms with Crippen molar-refractivity contribution in [3.63, 3.8) is 0 Å². The summed E-state index contributed by atoms with van der Waals surface area (Å²) in [5, 5.41) is 15.2. The number of nitrogens with zero attached hydrogens (tertiary/aromatic N) is 2. The summed E-state index contributed by atoms with van der Waals surface area (Å²) in [6, 6.07) is 7.03. The molecule has 23 heavy (non-hydrogen) atoms. The number of hydrogen-bond acceptors (Lipinski definition) is 7. The summed E-state index contributed by atoms with van der Waals surface area (Å²) < 4.78 is 4.60. The molecule has 9 heteroatoms. The summed E-state index contributed by atoms with van der Waals surface area (Å²) >= 11 is 1.33. The number of aliphatic carboxylic acids is 1. The molecule has 0 aliphatic rings. The fraction of sp³-hybridized carbons (Fsp3) is 0.143. The normalized spacial score (nSPS) is 10.9. The summed E-state index contributed by atoms with van der Waals surface area (Å²) in [5.74, 6) is -1.22. The summed E-state index contributed by atoms with van der Waals surface area (Å²) in [7, 11) is 1.28. The maximum atomic E-state index is 11.2. The molecule has 0 bridgehead atoms. The van der Waals surface area contributed by atoms with Crippen molar-refractivity contribution in [1.82, 2.24) is 4.98 Å². The molecular formula is C14H12BN2O5S. The standard InChI is InChI=1S/C14H12BN2O5S/c1-9-16-12(7-23-9)13(14(19)20)17-22-6-10-4-2-3-5-11(10)15-21-8-18/h2-5,7-8H,6H2,1H3,(H,19,20)/b17-13-. The SMILES string of the molecule is Cc1nc(/C(=N/OCc2ccccc2[B]OC=O)C(=O)O)cs1. The van der Waals surface area contributed by atoms with Gasteiger partial charge in [-0.25, -0.2) is 9.78 Å². The molecule has 0 unspecified atom stereocenters. The lowest BCUT2D eigenvalue weighted by Gasteiger charge is -2.06. The maximum absolute atomic E-state index is 11.2. The van der Waals surface area contributed by atoms with Crippen LogP contribution >= 0.6 is 11.3 Å². The van der Waals surface area contributed by atoms with Crippen LogP contribution < -0.4 is 5.46 Å². The number of carbonyl (C=O) groups is 2. The van der Waals surface area contributed by atoms with E-state index in [1.54, 1.807) is 36.6 Å². The molecule has 0 saturated carbocycles. The number of aryl methyl sites for hydroxylation is 1. The van der Waals surface area contributed by atoms with Gasteiger partial charge in [0.15, 0.2) is 0 Å². The molecule has 1 aromatic carbocycles. The summed E-state index contributed by atoms with van der Waals surface area (Å²) in [4.78, 5) is 30.7. The van der Waals surface area contributed by atoms with Gasteiger partial charge in [0, 0.05) is 5.38 Å². The molecule has 0 fully saturated rings. The number of hydrogen-bond donors (Lipinski definition) is 1. The molecule has 1 N–H and O–H groups in total. The van der Waals surface area contributed by atoms with E-state index in [4.69, 9.17) is 4.84 Å². The maximum Gasteiger partial charge on any atom is 0.412 e. The molecule has 0 aliphatic heterocycles. The van der Waals surface area contributed by atoms with Gasteiger partial charge in [-0.15, -0.1) is 11.3 Å². The Morgan fingerprint density at radius 1 is 1.48 bits per heavy atom. The van der Waals surface area contributed by atoms with Crippen LogP contribution in [0.1, 0.15) is 16.3 Å². The van der Waals surface area contributed by atoms with Crippen LogP contribution in [0.5, 0.6) is 0 Å². The van der Waals surface area contributed by atoms with Crippen LogP contribution in [0.2, 0.25) is 0 Å². The minimum Gasteiger partial charge on any atom is -0.535 e. The van der Waals surface area contributed by atoms with E-state index in [-0.39, 0.29) is 18.0 Å². The van der Waals surface area contributed by atoms with E-state index >= 15 is 0 Å². The Labute approximate surface area is 136 Å². The topological polar surface area (TPSA) is 98.1 Å². The van der Waals surface area contributed by atoms with Crippen LogP contribution in [-0.2, 0) is 25.7 Å². The first-order chi connectivity index (χ1) is 11.1. The van der Waals surface area contributed by atoms with Gasteiger partial charge in [0.25, 0.3) is 6.47 Å². The van der Waals surface area contributed by atoms with Gasteiger partial charge >= 0.3 is 13.5 Å². The predicted octanol–water partition coefficient (Wildman–Crippen LogP) is 0.875. The third kappa shape index (κ3) is 4.65. The van der Waals surface area contributed by atoms with Crippen LogP contribution in [0.4, 0.5) is 0 Å². The van der Waals surface area contributed by atoms with Crippen molar-refractivity contribution in [2.45, 2.75) is 13.5 Å². The molecule has 2 aromatic rings.